The van der Waals surface area contributed by atoms with Crippen molar-refractivity contribution in [2.75, 3.05) is 26.0 Å². The van der Waals surface area contributed by atoms with Crippen LogP contribution in [0.2, 0.25) is 0 Å². The van der Waals surface area contributed by atoms with Gasteiger partial charge in [0.2, 0.25) is 10.0 Å². The number of phenols is 2. The number of benzene rings is 2. The predicted molar refractivity (Wildman–Crippen MR) is 101 cm³/mol. The van der Waals surface area contributed by atoms with Crippen LogP contribution in [0.15, 0.2) is 41.3 Å². The van der Waals surface area contributed by atoms with Gasteiger partial charge in [-0.3, -0.25) is 4.79 Å². The fraction of sp³-hybridized carbons (Fsp3) is 0.222. The average molecular weight is 408 g/mol. The largest absolute Gasteiger partial charge is 0.508 e. The van der Waals surface area contributed by atoms with Gasteiger partial charge >= 0.3 is 5.97 Å². The van der Waals surface area contributed by atoms with Gasteiger partial charge < -0.3 is 20.3 Å². The maximum Gasteiger partial charge on any atom is 0.342 e. The lowest BCUT2D eigenvalue weighted by Gasteiger charge is -2.14. The molecule has 0 fully saturated rings. The Balaban J connectivity index is 2.08. The Bertz CT molecular complexity index is 1020. The van der Waals surface area contributed by atoms with Crippen molar-refractivity contribution in [3.63, 3.8) is 0 Å². The molecule has 28 heavy (non-hydrogen) atoms. The summed E-state index contributed by atoms with van der Waals surface area (Å²) in [6.07, 6.45) is 0. The minimum Gasteiger partial charge on any atom is -0.508 e. The highest BCUT2D eigenvalue weighted by molar-refractivity contribution is 7.89. The van der Waals surface area contributed by atoms with Crippen molar-refractivity contribution in [2.45, 2.75) is 11.8 Å². The van der Waals surface area contributed by atoms with Crippen molar-refractivity contribution >= 4 is 27.6 Å². The average Bonchev–Trinajstić information content (AvgIpc) is 2.61. The van der Waals surface area contributed by atoms with E-state index >= 15 is 0 Å². The highest BCUT2D eigenvalue weighted by Gasteiger charge is 2.19. The second kappa shape index (κ2) is 8.28. The first kappa shape index (κ1) is 21.2. The van der Waals surface area contributed by atoms with E-state index in [2.05, 4.69) is 5.32 Å². The molecule has 0 spiro atoms. The van der Waals surface area contributed by atoms with E-state index in [4.69, 9.17) is 4.74 Å². The van der Waals surface area contributed by atoms with Crippen LogP contribution in [-0.4, -0.2) is 55.5 Å². The van der Waals surface area contributed by atoms with Crippen LogP contribution in [0.25, 0.3) is 0 Å². The van der Waals surface area contributed by atoms with Gasteiger partial charge in [-0.15, -0.1) is 0 Å². The molecule has 9 nitrogen and oxygen atoms in total. The summed E-state index contributed by atoms with van der Waals surface area (Å²) >= 11 is 0. The van der Waals surface area contributed by atoms with Crippen LogP contribution in [0.4, 0.5) is 5.69 Å². The zero-order valence-corrected chi connectivity index (χ0v) is 16.3. The van der Waals surface area contributed by atoms with Gasteiger partial charge in [-0.2, -0.15) is 0 Å². The number of anilines is 1. The number of ether oxygens (including phenoxy) is 1. The normalized spacial score (nSPS) is 11.3. The van der Waals surface area contributed by atoms with Gasteiger partial charge in [-0.05, 0) is 36.8 Å². The number of rotatable bonds is 6. The van der Waals surface area contributed by atoms with E-state index in [0.717, 1.165) is 16.4 Å². The molecule has 0 aliphatic heterocycles. The molecule has 2 aromatic carbocycles. The number of phenolic OH excluding ortho intramolecular Hbond substituents is 2. The maximum atomic E-state index is 12.2. The molecule has 1 amide bonds. The van der Waals surface area contributed by atoms with E-state index in [1.54, 1.807) is 13.0 Å². The molecule has 0 heterocycles. The van der Waals surface area contributed by atoms with Crippen LogP contribution in [0.5, 0.6) is 11.5 Å². The van der Waals surface area contributed by atoms with Gasteiger partial charge in [0.1, 0.15) is 17.1 Å². The Morgan fingerprint density at radius 3 is 2.39 bits per heavy atom. The summed E-state index contributed by atoms with van der Waals surface area (Å²) in [7, 11) is -0.885. The third-order valence-corrected chi connectivity index (χ3v) is 5.61. The Labute approximate surface area is 162 Å². The zero-order chi connectivity index (χ0) is 21.1. The summed E-state index contributed by atoms with van der Waals surface area (Å²) in [5.74, 6) is -2.35. The van der Waals surface area contributed by atoms with Crippen LogP contribution in [-0.2, 0) is 19.6 Å². The van der Waals surface area contributed by atoms with Gasteiger partial charge in [0, 0.05) is 25.8 Å². The summed E-state index contributed by atoms with van der Waals surface area (Å²) < 4.78 is 30.3. The molecule has 0 aliphatic carbocycles. The fourth-order valence-electron chi connectivity index (χ4n) is 2.19. The van der Waals surface area contributed by atoms with Gasteiger partial charge in [0.25, 0.3) is 5.91 Å². The van der Waals surface area contributed by atoms with E-state index in [1.165, 1.54) is 32.3 Å². The summed E-state index contributed by atoms with van der Waals surface area (Å²) in [6, 6.07) is 7.61. The minimum atomic E-state index is -3.67. The smallest absolute Gasteiger partial charge is 0.342 e. The molecular formula is C18H20N2O7S. The van der Waals surface area contributed by atoms with Gasteiger partial charge in [0.15, 0.2) is 6.61 Å². The van der Waals surface area contributed by atoms with Crippen molar-refractivity contribution < 1.29 is 33.0 Å². The van der Waals surface area contributed by atoms with Gasteiger partial charge in [-0.25, -0.2) is 17.5 Å². The second-order valence-corrected chi connectivity index (χ2v) is 8.24. The lowest BCUT2D eigenvalue weighted by Crippen LogP contribution is -2.23. The number of esters is 1. The van der Waals surface area contributed by atoms with E-state index in [1.807, 2.05) is 0 Å². The molecule has 0 radical (unpaired) electrons. The molecule has 0 bridgehead atoms. The number of aryl methyl sites for hydroxylation is 1. The standard InChI is InChI=1S/C18H20N2O7S/c1-11-4-6-13(28(25,26)20(2)3)9-15(11)19-17(23)10-27-18(24)14-7-5-12(21)8-16(14)22/h4-9,21-22H,10H2,1-3H3,(H,19,23). The first-order chi connectivity index (χ1) is 13.0. The Morgan fingerprint density at radius 1 is 1.11 bits per heavy atom. The third kappa shape index (κ3) is 4.78. The van der Waals surface area contributed by atoms with Gasteiger partial charge in [-0.1, -0.05) is 6.07 Å². The third-order valence-electron chi connectivity index (χ3n) is 3.80. The number of nitrogens with one attached hydrogen (secondary N) is 1. The molecule has 0 saturated carbocycles. The van der Waals surface area contributed by atoms with Crippen molar-refractivity contribution in [1.82, 2.24) is 4.31 Å². The Kier molecular flexibility index (Phi) is 6.26. The molecule has 0 saturated heterocycles. The number of hydrogen-bond acceptors (Lipinski definition) is 7. The van der Waals surface area contributed by atoms with Crippen molar-refractivity contribution in [2.24, 2.45) is 0 Å². The van der Waals surface area contributed by atoms with Crippen molar-refractivity contribution in [3.05, 3.63) is 47.5 Å². The highest BCUT2D eigenvalue weighted by Crippen LogP contribution is 2.24. The maximum absolute atomic E-state index is 12.2. The van der Waals surface area contributed by atoms with E-state index in [9.17, 15) is 28.2 Å². The van der Waals surface area contributed by atoms with Crippen LogP contribution >= 0.6 is 0 Å². The monoisotopic (exact) mass is 408 g/mol. The molecule has 2 rings (SSSR count). The van der Waals surface area contributed by atoms with Crippen LogP contribution in [0.3, 0.4) is 0 Å². The van der Waals surface area contributed by atoms with Crippen molar-refractivity contribution in [3.8, 4) is 11.5 Å². The van der Waals surface area contributed by atoms with Crippen LogP contribution in [0, 0.1) is 6.92 Å². The quantitative estimate of drug-likeness (QED) is 0.616. The minimum absolute atomic E-state index is 0.00408. The number of sulfonamides is 1. The number of aromatic hydroxyl groups is 2. The molecule has 3 N–H and O–H groups in total. The van der Waals surface area contributed by atoms with Crippen LogP contribution in [0.1, 0.15) is 15.9 Å². The lowest BCUT2D eigenvalue weighted by atomic mass is 10.2. The molecule has 150 valence electrons. The van der Waals surface area contributed by atoms with E-state index < -0.39 is 34.3 Å². The summed E-state index contributed by atoms with van der Waals surface area (Å²) in [6.45, 7) is 1.03. The van der Waals surface area contributed by atoms with E-state index in [-0.39, 0.29) is 21.9 Å². The number of amides is 1. The number of carbonyl (C=O) groups is 2. The second-order valence-electron chi connectivity index (χ2n) is 6.09. The molecule has 0 unspecified atom stereocenters. The lowest BCUT2D eigenvalue weighted by molar-refractivity contribution is -0.119. The first-order valence-electron chi connectivity index (χ1n) is 8.04. The topological polar surface area (TPSA) is 133 Å². The predicted octanol–water partition coefficient (Wildman–Crippen LogP) is 1.45. The number of carbonyl (C=O) groups excluding carboxylic acids is 2. The Hall–Kier alpha value is -3.11. The van der Waals surface area contributed by atoms with Crippen LogP contribution < -0.4 is 5.32 Å². The Morgan fingerprint density at radius 2 is 1.79 bits per heavy atom. The number of nitrogens with zero attached hydrogens (tertiary/aromatic N) is 1. The summed E-state index contributed by atoms with van der Waals surface area (Å²) in [4.78, 5) is 24.0. The highest BCUT2D eigenvalue weighted by atomic mass is 32.2. The molecule has 10 heteroatoms. The SMILES string of the molecule is Cc1ccc(S(=O)(=O)N(C)C)cc1NC(=O)COC(=O)c1ccc(O)cc1O. The molecule has 0 atom stereocenters. The molecule has 2 aromatic rings. The number of hydrogen-bond donors (Lipinski definition) is 3. The van der Waals surface area contributed by atoms with Gasteiger partial charge in [0.05, 0.1) is 4.90 Å². The summed E-state index contributed by atoms with van der Waals surface area (Å²) in [5, 5.41) is 21.3. The molecule has 0 aromatic heterocycles. The zero-order valence-electron chi connectivity index (χ0n) is 15.5. The first-order valence-corrected chi connectivity index (χ1v) is 9.48. The van der Waals surface area contributed by atoms with E-state index in [0.29, 0.717) is 5.56 Å². The fourth-order valence-corrected chi connectivity index (χ4v) is 3.12. The van der Waals surface area contributed by atoms with Crippen molar-refractivity contribution in [1.29, 1.82) is 0 Å². The molecular weight excluding hydrogens is 388 g/mol. The molecule has 0 aliphatic rings. The summed E-state index contributed by atoms with van der Waals surface area (Å²) in [5.41, 5.74) is 0.672.